The normalized spacial score (nSPS) is 45.5. The first-order valence-corrected chi connectivity index (χ1v) is 10.2. The molecule has 1 saturated heterocycles. The number of carbonyl (C=O) groups is 1. The molecule has 6 atom stereocenters. The first-order valence-electron chi connectivity index (χ1n) is 10.2. The van der Waals surface area contributed by atoms with Crippen molar-refractivity contribution in [3.63, 3.8) is 0 Å². The number of benzene rings is 1. The lowest BCUT2D eigenvalue weighted by Gasteiger charge is -2.65. The Morgan fingerprint density at radius 3 is 2.71 bits per heavy atom. The summed E-state index contributed by atoms with van der Waals surface area (Å²) in [5, 5.41) is 44.3. The molecule has 0 radical (unpaired) electrons. The summed E-state index contributed by atoms with van der Waals surface area (Å²) in [7, 11) is 2.13. The molecule has 28 heavy (non-hydrogen) atoms. The number of phenols is 2. The van der Waals surface area contributed by atoms with Crippen LogP contribution in [-0.4, -0.2) is 74.7 Å². The van der Waals surface area contributed by atoms with E-state index in [-0.39, 0.29) is 35.5 Å². The van der Waals surface area contributed by atoms with Gasteiger partial charge in [0, 0.05) is 42.4 Å². The largest absolute Gasteiger partial charge is 0.508 e. The molecule has 3 fully saturated rings. The van der Waals surface area contributed by atoms with Gasteiger partial charge < -0.3 is 29.6 Å². The monoisotopic (exact) mass is 388 g/mol. The van der Waals surface area contributed by atoms with E-state index in [0.717, 1.165) is 13.1 Å². The molecule has 5 aliphatic rings. The Bertz CT molecular complexity index is 928. The van der Waals surface area contributed by atoms with Gasteiger partial charge in [-0.05, 0) is 12.8 Å². The molecule has 4 N–H and O–H groups in total. The number of Topliss-reactive ketones (excluding diaryl/α,β-unsaturated/α-hetero) is 1. The van der Waals surface area contributed by atoms with Crippen LogP contribution in [0.2, 0.25) is 0 Å². The third-order valence-electron chi connectivity index (χ3n) is 8.43. The number of hydrogen-bond donors (Lipinski definition) is 4. The fourth-order valence-corrected chi connectivity index (χ4v) is 7.04. The van der Waals surface area contributed by atoms with E-state index in [9.17, 15) is 25.2 Å². The number of ketones is 1. The predicted molar refractivity (Wildman–Crippen MR) is 97.2 cm³/mol. The minimum Gasteiger partial charge on any atom is -0.508 e. The topological polar surface area (TPSA) is 107 Å². The fraction of sp³-hybridized carbons (Fsp3) is 0.667. The first-order chi connectivity index (χ1) is 13.2. The quantitative estimate of drug-likeness (QED) is 0.545. The van der Waals surface area contributed by atoms with E-state index in [2.05, 4.69) is 7.05 Å². The van der Waals surface area contributed by atoms with Crippen molar-refractivity contribution in [2.24, 2.45) is 5.92 Å². The number of rotatable bonds is 2. The molecule has 7 heteroatoms. The van der Waals surface area contributed by atoms with Crippen LogP contribution in [0.5, 0.6) is 17.2 Å². The average molecular weight is 388 g/mol. The molecule has 2 aliphatic heterocycles. The summed E-state index contributed by atoms with van der Waals surface area (Å²) in [5.41, 5.74) is -1.47. The lowest BCUT2D eigenvalue weighted by Crippen LogP contribution is -2.84. The minimum atomic E-state index is -1.54. The summed E-state index contributed by atoms with van der Waals surface area (Å²) in [4.78, 5) is 12.9. The molecule has 2 heterocycles. The standard InChI is InChI=1S/C21H25NO6/c1-22(9-10-2-3-10)5-4-20-17-11-6-15(22)21(20,27)16(26)8-14(25)19(20)28-18(17)13(24)7-12(11)23/h7,10,15-16,19,26-27H,2-6,8-9H2,1H3,(H-,23,24)/p+1/t15-,16?,19+,20+,21+,22-/m1/s1. The predicted octanol–water partition coefficient (Wildman–Crippen LogP) is 0.346. The van der Waals surface area contributed by atoms with Crippen LogP contribution in [0.25, 0.3) is 0 Å². The van der Waals surface area contributed by atoms with Gasteiger partial charge in [-0.1, -0.05) is 0 Å². The van der Waals surface area contributed by atoms with E-state index in [1.54, 1.807) is 0 Å². The molecule has 1 unspecified atom stereocenters. The Morgan fingerprint density at radius 1 is 1.25 bits per heavy atom. The summed E-state index contributed by atoms with van der Waals surface area (Å²) in [6.07, 6.45) is 0.966. The third-order valence-corrected chi connectivity index (χ3v) is 8.43. The summed E-state index contributed by atoms with van der Waals surface area (Å²) in [5.74, 6) is 0.321. The van der Waals surface area contributed by atoms with Gasteiger partial charge in [0.05, 0.1) is 31.7 Å². The minimum absolute atomic E-state index is 0.0284. The molecule has 7 nitrogen and oxygen atoms in total. The van der Waals surface area contributed by atoms with Gasteiger partial charge in [-0.15, -0.1) is 0 Å². The van der Waals surface area contributed by atoms with Crippen LogP contribution >= 0.6 is 0 Å². The van der Waals surface area contributed by atoms with Crippen molar-refractivity contribution >= 4 is 5.78 Å². The Morgan fingerprint density at radius 2 is 2.00 bits per heavy atom. The number of phenolic OH excluding ortho intramolecular Hbond substituents is 2. The number of aromatic hydroxyl groups is 2. The third kappa shape index (κ3) is 1.67. The maximum Gasteiger partial charge on any atom is 0.177 e. The lowest BCUT2D eigenvalue weighted by atomic mass is 9.47. The van der Waals surface area contributed by atoms with Crippen LogP contribution in [0.1, 0.15) is 36.8 Å². The number of ether oxygens (including phenoxy) is 1. The molecule has 2 saturated carbocycles. The van der Waals surface area contributed by atoms with Crippen LogP contribution < -0.4 is 4.74 Å². The van der Waals surface area contributed by atoms with Crippen LogP contribution in [0, 0.1) is 5.92 Å². The number of aliphatic hydroxyl groups excluding tert-OH is 1. The number of piperidine rings is 1. The second kappa shape index (κ2) is 4.83. The summed E-state index contributed by atoms with van der Waals surface area (Å²) in [6.45, 7) is 1.69. The highest BCUT2D eigenvalue weighted by Crippen LogP contribution is 2.67. The molecule has 3 aliphatic carbocycles. The first kappa shape index (κ1) is 17.1. The SMILES string of the molecule is C[N@+]1(CC2CC2)CC[C@]23c4c5c(O)cc(O)c4O[C@H]2C(=O)CC(O)[C@@]3(O)[C@H]1C5. The van der Waals surface area contributed by atoms with Crippen LogP contribution in [0.3, 0.4) is 0 Å². The van der Waals surface area contributed by atoms with Crippen molar-refractivity contribution in [1.29, 1.82) is 0 Å². The van der Waals surface area contributed by atoms with Gasteiger partial charge in [0.2, 0.25) is 0 Å². The number of nitrogens with zero attached hydrogens (tertiary/aromatic N) is 1. The molecule has 1 spiro atoms. The summed E-state index contributed by atoms with van der Waals surface area (Å²) < 4.78 is 6.58. The fourth-order valence-electron chi connectivity index (χ4n) is 7.04. The van der Waals surface area contributed by atoms with Crippen molar-refractivity contribution in [3.05, 3.63) is 17.2 Å². The Hall–Kier alpha value is -1.83. The second-order valence-electron chi connectivity index (χ2n) is 9.88. The van der Waals surface area contributed by atoms with Gasteiger partial charge in [-0.25, -0.2) is 0 Å². The number of aliphatic hydroxyl groups is 2. The van der Waals surface area contributed by atoms with Gasteiger partial charge >= 0.3 is 0 Å². The van der Waals surface area contributed by atoms with Gasteiger partial charge in [0.25, 0.3) is 0 Å². The molecule has 0 aromatic heterocycles. The molecule has 1 aromatic carbocycles. The highest BCUT2D eigenvalue weighted by atomic mass is 16.5. The summed E-state index contributed by atoms with van der Waals surface area (Å²) in [6, 6.07) is 0.930. The number of hydrogen-bond acceptors (Lipinski definition) is 6. The van der Waals surface area contributed by atoms with Crippen molar-refractivity contribution in [3.8, 4) is 17.2 Å². The number of quaternary nitrogens is 1. The summed E-state index contributed by atoms with van der Waals surface area (Å²) >= 11 is 0. The van der Waals surface area contributed by atoms with E-state index in [0.29, 0.717) is 34.4 Å². The van der Waals surface area contributed by atoms with E-state index in [1.165, 1.54) is 18.9 Å². The Balaban J connectivity index is 1.65. The zero-order valence-corrected chi connectivity index (χ0v) is 15.9. The Labute approximate surface area is 162 Å². The number of likely N-dealkylation sites (N-methyl/N-ethyl adjacent to an activating group) is 1. The van der Waals surface area contributed by atoms with Gasteiger partial charge in [-0.3, -0.25) is 4.79 Å². The van der Waals surface area contributed by atoms with E-state index in [1.807, 2.05) is 0 Å². The highest BCUT2D eigenvalue weighted by Gasteiger charge is 2.79. The molecular weight excluding hydrogens is 362 g/mol. The number of likely N-dealkylation sites (tertiary alicyclic amines) is 1. The zero-order chi connectivity index (χ0) is 19.6. The van der Waals surface area contributed by atoms with Gasteiger partial charge in [-0.2, -0.15) is 0 Å². The maximum atomic E-state index is 12.9. The highest BCUT2D eigenvalue weighted by molar-refractivity contribution is 5.91. The second-order valence-corrected chi connectivity index (χ2v) is 9.88. The smallest absolute Gasteiger partial charge is 0.177 e. The molecule has 150 valence electrons. The van der Waals surface area contributed by atoms with E-state index in [4.69, 9.17) is 4.74 Å². The molecular formula is C21H26NO6+. The molecule has 2 bridgehead atoms. The van der Waals surface area contributed by atoms with E-state index < -0.39 is 23.2 Å². The number of carbonyl (C=O) groups excluding carboxylic acids is 1. The van der Waals surface area contributed by atoms with Gasteiger partial charge in [0.15, 0.2) is 29.0 Å². The molecule has 0 amide bonds. The van der Waals surface area contributed by atoms with Crippen LogP contribution in [-0.2, 0) is 16.6 Å². The van der Waals surface area contributed by atoms with Crippen LogP contribution in [0.4, 0.5) is 0 Å². The zero-order valence-electron chi connectivity index (χ0n) is 15.9. The van der Waals surface area contributed by atoms with Crippen molar-refractivity contribution in [2.75, 3.05) is 20.1 Å². The van der Waals surface area contributed by atoms with E-state index >= 15 is 0 Å². The van der Waals surface area contributed by atoms with Crippen molar-refractivity contribution < 1.29 is 34.4 Å². The van der Waals surface area contributed by atoms with Crippen molar-refractivity contribution in [2.45, 2.75) is 61.4 Å². The molecule has 6 rings (SSSR count). The lowest BCUT2D eigenvalue weighted by molar-refractivity contribution is -0.951. The van der Waals surface area contributed by atoms with Crippen molar-refractivity contribution in [1.82, 2.24) is 0 Å². The van der Waals surface area contributed by atoms with Crippen LogP contribution in [0.15, 0.2) is 6.07 Å². The molecule has 1 aromatic rings. The maximum absolute atomic E-state index is 12.9. The van der Waals surface area contributed by atoms with Gasteiger partial charge in [0.1, 0.15) is 11.8 Å². The Kier molecular flexibility index (Phi) is 2.94. The average Bonchev–Trinajstić information content (AvgIpc) is 3.35.